The fourth-order valence-corrected chi connectivity index (χ4v) is 2.82. The van der Waals surface area contributed by atoms with E-state index in [1.807, 2.05) is 13.8 Å². The third kappa shape index (κ3) is 3.74. The van der Waals surface area contributed by atoms with Crippen LogP contribution < -0.4 is 16.0 Å². The zero-order chi connectivity index (χ0) is 18.7. The van der Waals surface area contributed by atoms with E-state index in [1.54, 1.807) is 41.2 Å². The van der Waals surface area contributed by atoms with E-state index in [0.29, 0.717) is 17.1 Å². The van der Waals surface area contributed by atoms with E-state index in [2.05, 4.69) is 21.0 Å². The minimum absolute atomic E-state index is 0.0952. The number of benzene rings is 1. The van der Waals surface area contributed by atoms with Crippen LogP contribution in [0.4, 0.5) is 11.5 Å². The Hall–Kier alpha value is -3.16. The van der Waals surface area contributed by atoms with Gasteiger partial charge in [-0.25, -0.2) is 4.68 Å². The lowest BCUT2D eigenvalue weighted by Crippen LogP contribution is -2.41. The fraction of sp³-hybridized carbons (Fsp3) is 0.333. The van der Waals surface area contributed by atoms with Crippen LogP contribution in [-0.2, 0) is 9.59 Å². The lowest BCUT2D eigenvalue weighted by atomic mass is 10.1. The summed E-state index contributed by atoms with van der Waals surface area (Å²) in [4.78, 5) is 36.8. The molecule has 2 heterocycles. The van der Waals surface area contributed by atoms with Gasteiger partial charge in [0.2, 0.25) is 11.8 Å². The highest BCUT2D eigenvalue weighted by molar-refractivity contribution is 6.09. The van der Waals surface area contributed by atoms with Gasteiger partial charge < -0.3 is 16.0 Å². The number of aromatic nitrogens is 2. The van der Waals surface area contributed by atoms with Crippen LogP contribution in [0.3, 0.4) is 0 Å². The van der Waals surface area contributed by atoms with Gasteiger partial charge in [0.15, 0.2) is 0 Å². The van der Waals surface area contributed by atoms with E-state index < -0.39 is 6.04 Å². The summed E-state index contributed by atoms with van der Waals surface area (Å²) in [6, 6.07) is 7.87. The molecular weight excluding hydrogens is 334 g/mol. The molecule has 1 unspecified atom stereocenters. The topological polar surface area (TPSA) is 105 Å². The molecule has 136 valence electrons. The van der Waals surface area contributed by atoms with Crippen molar-refractivity contribution in [3.8, 4) is 0 Å². The van der Waals surface area contributed by atoms with E-state index in [-0.39, 0.29) is 36.6 Å². The highest BCUT2D eigenvalue weighted by atomic mass is 16.2. The van der Waals surface area contributed by atoms with Crippen molar-refractivity contribution in [2.45, 2.75) is 38.8 Å². The van der Waals surface area contributed by atoms with Gasteiger partial charge in [-0.05, 0) is 32.4 Å². The molecule has 0 radical (unpaired) electrons. The summed E-state index contributed by atoms with van der Waals surface area (Å²) in [5.74, 6) is -0.298. The van der Waals surface area contributed by atoms with Gasteiger partial charge >= 0.3 is 0 Å². The second-order valence-electron chi connectivity index (χ2n) is 6.40. The molecule has 0 fully saturated rings. The van der Waals surface area contributed by atoms with Gasteiger partial charge in [0.05, 0.1) is 17.4 Å². The number of hydrogen-bond donors (Lipinski definition) is 3. The number of carbonyl (C=O) groups excluding carboxylic acids is 3. The van der Waals surface area contributed by atoms with Crippen molar-refractivity contribution in [3.05, 3.63) is 42.1 Å². The van der Waals surface area contributed by atoms with E-state index in [9.17, 15) is 14.4 Å². The minimum Gasteiger partial charge on any atom is -0.340 e. The Balaban J connectivity index is 1.61. The maximum atomic E-state index is 12.3. The Morgan fingerprint density at radius 2 is 2.04 bits per heavy atom. The van der Waals surface area contributed by atoms with Gasteiger partial charge in [-0.3, -0.25) is 14.4 Å². The Kier molecular flexibility index (Phi) is 5.01. The second-order valence-corrected chi connectivity index (χ2v) is 6.40. The van der Waals surface area contributed by atoms with Crippen molar-refractivity contribution in [2.75, 3.05) is 10.6 Å². The zero-order valence-corrected chi connectivity index (χ0v) is 14.7. The standard InChI is InChI=1S/C18H21N5O3/c1-11(2)23-15(9-10-19-23)22-16(24)8-7-14-18(26)20-13-6-4-3-5-12(13)17(25)21-14/h3-6,9-11,14H,7-8H2,1-2H3,(H,20,26)(H,21,25)(H,22,24). The predicted molar refractivity (Wildman–Crippen MR) is 96.8 cm³/mol. The number of amides is 3. The molecule has 8 nitrogen and oxygen atoms in total. The smallest absolute Gasteiger partial charge is 0.254 e. The highest BCUT2D eigenvalue weighted by Gasteiger charge is 2.27. The molecule has 2 aromatic rings. The van der Waals surface area contributed by atoms with Crippen LogP contribution in [0.5, 0.6) is 0 Å². The van der Waals surface area contributed by atoms with Gasteiger partial charge in [-0.15, -0.1) is 0 Å². The number of rotatable bonds is 5. The highest BCUT2D eigenvalue weighted by Crippen LogP contribution is 2.19. The second kappa shape index (κ2) is 7.38. The molecule has 1 aromatic carbocycles. The van der Waals surface area contributed by atoms with Crippen LogP contribution in [0, 0.1) is 0 Å². The van der Waals surface area contributed by atoms with E-state index in [4.69, 9.17) is 0 Å². The monoisotopic (exact) mass is 355 g/mol. The molecule has 3 rings (SSSR count). The average molecular weight is 355 g/mol. The summed E-state index contributed by atoms with van der Waals surface area (Å²) >= 11 is 0. The maximum Gasteiger partial charge on any atom is 0.254 e. The number of anilines is 2. The molecule has 0 bridgehead atoms. The first-order valence-corrected chi connectivity index (χ1v) is 8.50. The number of hydrogen-bond acceptors (Lipinski definition) is 4. The maximum absolute atomic E-state index is 12.3. The number of nitrogens with zero attached hydrogens (tertiary/aromatic N) is 2. The van der Waals surface area contributed by atoms with Crippen molar-refractivity contribution in [2.24, 2.45) is 0 Å². The van der Waals surface area contributed by atoms with Gasteiger partial charge in [0, 0.05) is 18.5 Å². The number of fused-ring (bicyclic) bond motifs is 1. The number of para-hydroxylation sites is 1. The molecule has 26 heavy (non-hydrogen) atoms. The molecule has 0 saturated carbocycles. The summed E-state index contributed by atoms with van der Waals surface area (Å²) in [5.41, 5.74) is 0.886. The molecule has 8 heteroatoms. The first kappa shape index (κ1) is 17.7. The molecular formula is C18H21N5O3. The Morgan fingerprint density at radius 3 is 2.81 bits per heavy atom. The van der Waals surface area contributed by atoms with Crippen molar-refractivity contribution in [3.63, 3.8) is 0 Å². The van der Waals surface area contributed by atoms with Crippen LogP contribution in [0.25, 0.3) is 0 Å². The molecule has 0 aliphatic carbocycles. The normalized spacial score (nSPS) is 16.5. The van der Waals surface area contributed by atoms with Gasteiger partial charge in [-0.2, -0.15) is 5.10 Å². The molecule has 3 N–H and O–H groups in total. The molecule has 1 atom stereocenters. The van der Waals surface area contributed by atoms with Crippen LogP contribution in [0.1, 0.15) is 43.1 Å². The molecule has 0 spiro atoms. The Bertz CT molecular complexity index is 843. The third-order valence-electron chi connectivity index (χ3n) is 4.14. The first-order valence-electron chi connectivity index (χ1n) is 8.50. The summed E-state index contributed by atoms with van der Waals surface area (Å²) in [6.07, 6.45) is 1.91. The summed E-state index contributed by atoms with van der Waals surface area (Å²) < 4.78 is 1.70. The average Bonchev–Trinajstić information content (AvgIpc) is 3.02. The van der Waals surface area contributed by atoms with Crippen LogP contribution in [0.2, 0.25) is 0 Å². The molecule has 0 saturated heterocycles. The lowest BCUT2D eigenvalue weighted by Gasteiger charge is -2.15. The van der Waals surface area contributed by atoms with Crippen LogP contribution in [-0.4, -0.2) is 33.5 Å². The summed E-state index contributed by atoms with van der Waals surface area (Å²) in [7, 11) is 0. The zero-order valence-electron chi connectivity index (χ0n) is 14.7. The Morgan fingerprint density at radius 1 is 1.27 bits per heavy atom. The summed E-state index contributed by atoms with van der Waals surface area (Å²) in [6.45, 7) is 3.93. The molecule has 1 aliphatic heterocycles. The van der Waals surface area contributed by atoms with E-state index >= 15 is 0 Å². The predicted octanol–water partition coefficient (Wildman–Crippen LogP) is 1.93. The molecule has 1 aliphatic rings. The third-order valence-corrected chi connectivity index (χ3v) is 4.14. The van der Waals surface area contributed by atoms with Crippen molar-refractivity contribution in [1.82, 2.24) is 15.1 Å². The van der Waals surface area contributed by atoms with E-state index in [0.717, 1.165) is 0 Å². The van der Waals surface area contributed by atoms with Crippen LogP contribution in [0.15, 0.2) is 36.5 Å². The SMILES string of the molecule is CC(C)n1nccc1NC(=O)CCC1NC(=O)c2ccccc2NC1=O. The van der Waals surface area contributed by atoms with Crippen molar-refractivity contribution in [1.29, 1.82) is 0 Å². The van der Waals surface area contributed by atoms with Gasteiger partial charge in [0.25, 0.3) is 5.91 Å². The van der Waals surface area contributed by atoms with Crippen molar-refractivity contribution < 1.29 is 14.4 Å². The largest absolute Gasteiger partial charge is 0.340 e. The van der Waals surface area contributed by atoms with Crippen LogP contribution >= 0.6 is 0 Å². The van der Waals surface area contributed by atoms with E-state index in [1.165, 1.54) is 0 Å². The number of nitrogens with one attached hydrogen (secondary N) is 3. The first-order chi connectivity index (χ1) is 12.5. The van der Waals surface area contributed by atoms with Gasteiger partial charge in [0.1, 0.15) is 11.9 Å². The van der Waals surface area contributed by atoms with Gasteiger partial charge in [-0.1, -0.05) is 12.1 Å². The lowest BCUT2D eigenvalue weighted by molar-refractivity contribution is -0.118. The summed E-state index contributed by atoms with van der Waals surface area (Å²) in [5, 5.41) is 12.4. The molecule has 3 amide bonds. The Labute approximate surface area is 151 Å². The fourth-order valence-electron chi connectivity index (χ4n) is 2.82. The molecule has 1 aromatic heterocycles. The minimum atomic E-state index is -0.768. The quantitative estimate of drug-likeness (QED) is 0.762. The number of carbonyl (C=O) groups is 3. The van der Waals surface area contributed by atoms with Crippen molar-refractivity contribution >= 4 is 29.2 Å².